The van der Waals surface area contributed by atoms with Crippen LogP contribution >= 0.6 is 24.0 Å². The second-order valence-corrected chi connectivity index (χ2v) is 5.71. The van der Waals surface area contributed by atoms with Gasteiger partial charge in [-0.25, -0.2) is 4.98 Å². The van der Waals surface area contributed by atoms with Crippen LogP contribution in [0.25, 0.3) is 0 Å². The van der Waals surface area contributed by atoms with Gasteiger partial charge in [0.1, 0.15) is 19.0 Å². The normalized spacial score (nSPS) is 10.7. The fraction of sp³-hybridized carbons (Fsp3) is 0.400. The molecule has 0 amide bonds. The average molecular weight is 500 g/mol. The molecule has 0 atom stereocenters. The van der Waals surface area contributed by atoms with E-state index in [1.54, 1.807) is 20.4 Å². The Labute approximate surface area is 183 Å². The lowest BCUT2D eigenvalue weighted by Crippen LogP contribution is -2.37. The van der Waals surface area contributed by atoms with E-state index in [-0.39, 0.29) is 24.0 Å². The molecule has 2 aromatic rings. The molecule has 8 heteroatoms. The first kappa shape index (κ1) is 24.0. The summed E-state index contributed by atoms with van der Waals surface area (Å²) < 4.78 is 16.2. The number of para-hydroxylation sites is 1. The van der Waals surface area contributed by atoms with E-state index in [9.17, 15) is 0 Å². The molecule has 0 fully saturated rings. The quantitative estimate of drug-likeness (QED) is 0.214. The standard InChI is InChI=1S/C20H28N4O3.HI/c1-21-20(22-11-6-12-25-2)24-16-17-9-10-19(23-15-17)27-14-13-26-18-7-4-3-5-8-18;/h3-5,7-10,15H,6,11-14,16H2,1-2H3,(H2,21,22,24);1H. The molecule has 28 heavy (non-hydrogen) atoms. The van der Waals surface area contributed by atoms with E-state index < -0.39 is 0 Å². The van der Waals surface area contributed by atoms with Crippen LogP contribution in [0, 0.1) is 0 Å². The second-order valence-electron chi connectivity index (χ2n) is 5.71. The molecule has 0 aliphatic carbocycles. The highest BCUT2D eigenvalue weighted by molar-refractivity contribution is 14.0. The molecule has 0 spiro atoms. The first-order chi connectivity index (χ1) is 13.3. The molecule has 0 saturated carbocycles. The third-order valence-electron chi connectivity index (χ3n) is 3.64. The lowest BCUT2D eigenvalue weighted by Gasteiger charge is -2.12. The first-order valence-corrected chi connectivity index (χ1v) is 9.01. The smallest absolute Gasteiger partial charge is 0.213 e. The van der Waals surface area contributed by atoms with Crippen molar-refractivity contribution in [3.8, 4) is 11.6 Å². The molecule has 2 N–H and O–H groups in total. The number of halogens is 1. The Morgan fingerprint density at radius 3 is 2.46 bits per heavy atom. The summed E-state index contributed by atoms with van der Waals surface area (Å²) in [7, 11) is 3.45. The average Bonchev–Trinajstić information content (AvgIpc) is 2.72. The van der Waals surface area contributed by atoms with Crippen molar-refractivity contribution in [2.75, 3.05) is 40.5 Å². The highest BCUT2D eigenvalue weighted by Crippen LogP contribution is 2.09. The summed E-state index contributed by atoms with van der Waals surface area (Å²) >= 11 is 0. The Kier molecular flexibility index (Phi) is 12.8. The molecule has 0 unspecified atom stereocenters. The largest absolute Gasteiger partial charge is 0.490 e. The van der Waals surface area contributed by atoms with Gasteiger partial charge in [-0.2, -0.15) is 0 Å². The Bertz CT molecular complexity index is 669. The Morgan fingerprint density at radius 1 is 1.00 bits per heavy atom. The molecule has 2 rings (SSSR count). The van der Waals surface area contributed by atoms with Crippen molar-refractivity contribution < 1.29 is 14.2 Å². The zero-order chi connectivity index (χ0) is 19.2. The molecule has 0 aliphatic rings. The van der Waals surface area contributed by atoms with Crippen LogP contribution in [0.1, 0.15) is 12.0 Å². The number of aromatic nitrogens is 1. The summed E-state index contributed by atoms with van der Waals surface area (Å²) in [4.78, 5) is 8.51. The summed E-state index contributed by atoms with van der Waals surface area (Å²) in [6.07, 6.45) is 2.72. The van der Waals surface area contributed by atoms with Crippen LogP contribution in [-0.4, -0.2) is 51.5 Å². The van der Waals surface area contributed by atoms with Crippen molar-refractivity contribution in [2.24, 2.45) is 4.99 Å². The number of guanidine groups is 1. The van der Waals surface area contributed by atoms with E-state index in [4.69, 9.17) is 14.2 Å². The first-order valence-electron chi connectivity index (χ1n) is 9.01. The zero-order valence-corrected chi connectivity index (χ0v) is 18.7. The van der Waals surface area contributed by atoms with Crippen LogP contribution in [-0.2, 0) is 11.3 Å². The maximum absolute atomic E-state index is 5.60. The van der Waals surface area contributed by atoms with Gasteiger partial charge in [-0.05, 0) is 24.1 Å². The fourth-order valence-corrected chi connectivity index (χ4v) is 2.25. The van der Waals surface area contributed by atoms with Gasteiger partial charge in [-0.3, -0.25) is 4.99 Å². The van der Waals surface area contributed by atoms with Crippen molar-refractivity contribution in [1.82, 2.24) is 15.6 Å². The van der Waals surface area contributed by atoms with Crippen LogP contribution in [0.5, 0.6) is 11.6 Å². The van der Waals surface area contributed by atoms with E-state index in [0.29, 0.717) is 25.6 Å². The van der Waals surface area contributed by atoms with E-state index in [0.717, 1.165) is 36.8 Å². The van der Waals surface area contributed by atoms with Crippen molar-refractivity contribution in [3.63, 3.8) is 0 Å². The van der Waals surface area contributed by atoms with Crippen LogP contribution in [0.4, 0.5) is 0 Å². The molecule has 154 valence electrons. The molecular weight excluding hydrogens is 471 g/mol. The van der Waals surface area contributed by atoms with Crippen LogP contribution in [0.3, 0.4) is 0 Å². The van der Waals surface area contributed by atoms with E-state index >= 15 is 0 Å². The van der Waals surface area contributed by atoms with Gasteiger partial charge in [0.2, 0.25) is 5.88 Å². The number of nitrogens with zero attached hydrogens (tertiary/aromatic N) is 2. The van der Waals surface area contributed by atoms with Crippen molar-refractivity contribution in [1.29, 1.82) is 0 Å². The van der Waals surface area contributed by atoms with Crippen molar-refractivity contribution >= 4 is 29.9 Å². The van der Waals surface area contributed by atoms with Crippen LogP contribution < -0.4 is 20.1 Å². The predicted octanol–water partition coefficient (Wildman–Crippen LogP) is 2.86. The molecular formula is C20H29IN4O3. The number of hydrogen-bond donors (Lipinski definition) is 2. The number of ether oxygens (including phenoxy) is 3. The Balaban J connectivity index is 0.00000392. The van der Waals surface area contributed by atoms with Gasteiger partial charge in [-0.15, -0.1) is 24.0 Å². The summed E-state index contributed by atoms with van der Waals surface area (Å²) in [5.41, 5.74) is 1.04. The van der Waals surface area contributed by atoms with Gasteiger partial charge in [0.25, 0.3) is 0 Å². The molecule has 0 aliphatic heterocycles. The zero-order valence-electron chi connectivity index (χ0n) is 16.4. The number of rotatable bonds is 11. The van der Waals surface area contributed by atoms with Gasteiger partial charge >= 0.3 is 0 Å². The summed E-state index contributed by atoms with van der Waals surface area (Å²) in [5.74, 6) is 2.17. The topological polar surface area (TPSA) is 77.0 Å². The number of benzene rings is 1. The van der Waals surface area contributed by atoms with Crippen molar-refractivity contribution in [2.45, 2.75) is 13.0 Å². The SMILES string of the molecule is CN=C(NCCCOC)NCc1ccc(OCCOc2ccccc2)nc1.I. The summed E-state index contributed by atoms with van der Waals surface area (Å²) in [5, 5.41) is 6.48. The van der Waals surface area contributed by atoms with E-state index in [1.165, 1.54) is 0 Å². The lowest BCUT2D eigenvalue weighted by molar-refractivity contribution is 0.195. The molecule has 1 aromatic heterocycles. The number of hydrogen-bond acceptors (Lipinski definition) is 5. The van der Waals surface area contributed by atoms with Gasteiger partial charge < -0.3 is 24.8 Å². The molecule has 0 saturated heterocycles. The summed E-state index contributed by atoms with van der Waals surface area (Å²) in [6.45, 7) is 3.08. The molecule has 1 aromatic carbocycles. The van der Waals surface area contributed by atoms with E-state index in [1.807, 2.05) is 42.5 Å². The van der Waals surface area contributed by atoms with Gasteiger partial charge in [0, 0.05) is 46.1 Å². The third kappa shape index (κ3) is 9.75. The minimum Gasteiger partial charge on any atom is -0.490 e. The Hall–Kier alpha value is -2.07. The number of pyridine rings is 1. The molecule has 7 nitrogen and oxygen atoms in total. The highest BCUT2D eigenvalue weighted by atomic mass is 127. The minimum atomic E-state index is 0. The van der Waals surface area contributed by atoms with Crippen LogP contribution in [0.15, 0.2) is 53.7 Å². The maximum atomic E-state index is 5.60. The maximum Gasteiger partial charge on any atom is 0.213 e. The second kappa shape index (κ2) is 14.9. The van der Waals surface area contributed by atoms with E-state index in [2.05, 4.69) is 20.6 Å². The number of aliphatic imine (C=N–C) groups is 1. The molecule has 1 heterocycles. The Morgan fingerprint density at radius 2 is 1.79 bits per heavy atom. The molecule has 0 bridgehead atoms. The summed E-state index contributed by atoms with van der Waals surface area (Å²) in [6, 6.07) is 13.5. The van der Waals surface area contributed by atoms with Gasteiger partial charge in [-0.1, -0.05) is 24.3 Å². The van der Waals surface area contributed by atoms with Crippen LogP contribution in [0.2, 0.25) is 0 Å². The third-order valence-corrected chi connectivity index (χ3v) is 3.64. The molecule has 0 radical (unpaired) electrons. The van der Waals surface area contributed by atoms with Gasteiger partial charge in [0.15, 0.2) is 5.96 Å². The highest BCUT2D eigenvalue weighted by Gasteiger charge is 2.01. The monoisotopic (exact) mass is 500 g/mol. The van der Waals surface area contributed by atoms with Crippen molar-refractivity contribution in [3.05, 3.63) is 54.2 Å². The minimum absolute atomic E-state index is 0. The predicted molar refractivity (Wildman–Crippen MR) is 122 cm³/mol. The number of methoxy groups -OCH3 is 1. The number of nitrogens with one attached hydrogen (secondary N) is 2. The van der Waals surface area contributed by atoms with Gasteiger partial charge in [0.05, 0.1) is 0 Å². The fourth-order valence-electron chi connectivity index (χ4n) is 2.25. The lowest BCUT2D eigenvalue weighted by atomic mass is 10.3.